The van der Waals surface area contributed by atoms with Gasteiger partial charge >= 0.3 is 0 Å². The van der Waals surface area contributed by atoms with Crippen LogP contribution in [0.2, 0.25) is 0 Å². The van der Waals surface area contributed by atoms with Crippen LogP contribution in [0.1, 0.15) is 50.0 Å². The minimum absolute atomic E-state index is 0.0153. The van der Waals surface area contributed by atoms with Crippen LogP contribution in [0.5, 0.6) is 0 Å². The van der Waals surface area contributed by atoms with Crippen LogP contribution in [0.15, 0.2) is 24.3 Å². The Balaban J connectivity index is 1.99. The summed E-state index contributed by atoms with van der Waals surface area (Å²) in [5.41, 5.74) is 8.29. The molecule has 1 fully saturated rings. The number of nitrogens with zero attached hydrogens (tertiary/aromatic N) is 1. The molecule has 23 heavy (non-hydrogen) atoms. The summed E-state index contributed by atoms with van der Waals surface area (Å²) in [5, 5.41) is 2.98. The van der Waals surface area contributed by atoms with Gasteiger partial charge in [0, 0.05) is 37.8 Å². The fourth-order valence-electron chi connectivity index (χ4n) is 3.09. The van der Waals surface area contributed by atoms with Crippen molar-refractivity contribution in [3.8, 4) is 0 Å². The first-order chi connectivity index (χ1) is 10.8. The number of carbonyl (C=O) groups excluding carboxylic acids is 1. The van der Waals surface area contributed by atoms with Crippen molar-refractivity contribution in [1.29, 1.82) is 0 Å². The van der Waals surface area contributed by atoms with E-state index in [0.29, 0.717) is 12.5 Å². The molecule has 1 aromatic carbocycles. The van der Waals surface area contributed by atoms with E-state index in [2.05, 4.69) is 44.0 Å². The fourth-order valence-corrected chi connectivity index (χ4v) is 3.09. The van der Waals surface area contributed by atoms with Gasteiger partial charge in [-0.3, -0.25) is 9.69 Å². The highest BCUT2D eigenvalue weighted by molar-refractivity contribution is 5.94. The number of nitrogens with two attached hydrogens (primary N) is 1. The second-order valence-electron chi connectivity index (χ2n) is 7.90. The fraction of sp³-hybridized carbons (Fsp3) is 0.632. The number of hydrogen-bond acceptors (Lipinski definition) is 3. The second-order valence-corrected chi connectivity index (χ2v) is 7.90. The highest BCUT2D eigenvalue weighted by atomic mass is 16.1. The number of piperidine rings is 1. The Bertz CT molecular complexity index is 539. The standard InChI is InChI=1S/C19H31N3O/c1-14(2)11-21-18(23)16-7-5-6-15(10-16)12-22-9-8-17(20)19(3,4)13-22/h5-7,10,14,17H,8-9,11-13,20H2,1-4H3,(H,21,23). The molecule has 1 atom stereocenters. The Kier molecular flexibility index (Phi) is 5.82. The maximum absolute atomic E-state index is 12.2. The molecule has 1 aliphatic rings. The number of hydrogen-bond donors (Lipinski definition) is 2. The van der Waals surface area contributed by atoms with E-state index in [1.165, 1.54) is 5.56 Å². The Hall–Kier alpha value is -1.39. The molecule has 0 bridgehead atoms. The van der Waals surface area contributed by atoms with E-state index >= 15 is 0 Å². The minimum Gasteiger partial charge on any atom is -0.352 e. The predicted molar refractivity (Wildman–Crippen MR) is 95.3 cm³/mol. The van der Waals surface area contributed by atoms with E-state index in [0.717, 1.165) is 31.6 Å². The van der Waals surface area contributed by atoms with Crippen LogP contribution in [0.4, 0.5) is 0 Å². The van der Waals surface area contributed by atoms with Gasteiger partial charge in [0.1, 0.15) is 0 Å². The maximum atomic E-state index is 12.2. The van der Waals surface area contributed by atoms with E-state index in [9.17, 15) is 4.79 Å². The topological polar surface area (TPSA) is 58.4 Å². The Morgan fingerprint density at radius 1 is 1.43 bits per heavy atom. The molecule has 1 aromatic rings. The molecule has 0 aliphatic carbocycles. The Morgan fingerprint density at radius 2 is 2.17 bits per heavy atom. The molecule has 1 amide bonds. The van der Waals surface area contributed by atoms with Gasteiger partial charge in [0.2, 0.25) is 0 Å². The summed E-state index contributed by atoms with van der Waals surface area (Å²) in [5.74, 6) is 0.475. The van der Waals surface area contributed by atoms with Crippen LogP contribution in [-0.2, 0) is 6.54 Å². The van der Waals surface area contributed by atoms with Crippen molar-refractivity contribution in [2.45, 2.75) is 46.7 Å². The molecule has 4 heteroatoms. The van der Waals surface area contributed by atoms with Crippen molar-refractivity contribution < 1.29 is 4.79 Å². The molecule has 1 aliphatic heterocycles. The minimum atomic E-state index is 0.0153. The third-order valence-electron chi connectivity index (χ3n) is 4.66. The Labute approximate surface area is 140 Å². The molecule has 128 valence electrons. The third-order valence-corrected chi connectivity index (χ3v) is 4.66. The lowest BCUT2D eigenvalue weighted by atomic mass is 9.79. The van der Waals surface area contributed by atoms with Gasteiger partial charge in [-0.05, 0) is 35.4 Å². The maximum Gasteiger partial charge on any atom is 0.251 e. The SMILES string of the molecule is CC(C)CNC(=O)c1cccc(CN2CCC(N)C(C)(C)C2)c1. The lowest BCUT2D eigenvalue weighted by Gasteiger charge is -2.42. The third kappa shape index (κ3) is 5.05. The number of rotatable bonds is 5. The summed E-state index contributed by atoms with van der Waals surface area (Å²) in [6.07, 6.45) is 1.03. The summed E-state index contributed by atoms with van der Waals surface area (Å²) >= 11 is 0. The largest absolute Gasteiger partial charge is 0.352 e. The van der Waals surface area contributed by atoms with E-state index in [1.807, 2.05) is 18.2 Å². The number of likely N-dealkylation sites (tertiary alicyclic amines) is 1. The van der Waals surface area contributed by atoms with E-state index in [4.69, 9.17) is 5.73 Å². The van der Waals surface area contributed by atoms with Gasteiger partial charge in [-0.1, -0.05) is 39.8 Å². The first kappa shape index (κ1) is 18.0. The number of benzene rings is 1. The highest BCUT2D eigenvalue weighted by Gasteiger charge is 2.33. The zero-order chi connectivity index (χ0) is 17.0. The second kappa shape index (κ2) is 7.45. The molecule has 0 aromatic heterocycles. The molecule has 0 saturated carbocycles. The van der Waals surface area contributed by atoms with Crippen LogP contribution in [0.3, 0.4) is 0 Å². The molecular formula is C19H31N3O. The van der Waals surface area contributed by atoms with Crippen LogP contribution in [-0.4, -0.2) is 36.5 Å². The smallest absolute Gasteiger partial charge is 0.251 e. The van der Waals surface area contributed by atoms with Crippen LogP contribution in [0, 0.1) is 11.3 Å². The molecule has 1 heterocycles. The van der Waals surface area contributed by atoms with E-state index in [-0.39, 0.29) is 17.4 Å². The van der Waals surface area contributed by atoms with Crippen LogP contribution < -0.4 is 11.1 Å². The molecule has 1 unspecified atom stereocenters. The van der Waals surface area contributed by atoms with Crippen LogP contribution in [0.25, 0.3) is 0 Å². The monoisotopic (exact) mass is 317 g/mol. The number of amides is 1. The van der Waals surface area contributed by atoms with Crippen molar-refractivity contribution in [2.75, 3.05) is 19.6 Å². The van der Waals surface area contributed by atoms with Gasteiger partial charge in [-0.2, -0.15) is 0 Å². The van der Waals surface area contributed by atoms with Crippen molar-refractivity contribution in [3.05, 3.63) is 35.4 Å². The quantitative estimate of drug-likeness (QED) is 0.878. The van der Waals surface area contributed by atoms with Crippen LogP contribution >= 0.6 is 0 Å². The number of nitrogens with one attached hydrogen (secondary N) is 1. The molecule has 3 N–H and O–H groups in total. The average molecular weight is 317 g/mol. The van der Waals surface area contributed by atoms with E-state index < -0.39 is 0 Å². The van der Waals surface area contributed by atoms with Gasteiger partial charge in [0.15, 0.2) is 0 Å². The van der Waals surface area contributed by atoms with Crippen molar-refractivity contribution >= 4 is 5.91 Å². The van der Waals surface area contributed by atoms with E-state index in [1.54, 1.807) is 0 Å². The van der Waals surface area contributed by atoms with Gasteiger partial charge < -0.3 is 11.1 Å². The molecule has 0 radical (unpaired) electrons. The normalized spacial score (nSPS) is 21.4. The summed E-state index contributed by atoms with van der Waals surface area (Å²) < 4.78 is 0. The van der Waals surface area contributed by atoms with Crippen molar-refractivity contribution in [2.24, 2.45) is 17.1 Å². The zero-order valence-electron chi connectivity index (χ0n) is 14.9. The molecule has 4 nitrogen and oxygen atoms in total. The lowest BCUT2D eigenvalue weighted by molar-refractivity contribution is 0.0896. The first-order valence-electron chi connectivity index (χ1n) is 8.63. The number of carbonyl (C=O) groups is 1. The predicted octanol–water partition coefficient (Wildman–Crippen LogP) is 2.63. The molecule has 0 spiro atoms. The highest BCUT2D eigenvalue weighted by Crippen LogP contribution is 2.28. The van der Waals surface area contributed by atoms with Gasteiger partial charge in [-0.15, -0.1) is 0 Å². The van der Waals surface area contributed by atoms with Gasteiger partial charge in [0.05, 0.1) is 0 Å². The van der Waals surface area contributed by atoms with Crippen molar-refractivity contribution in [3.63, 3.8) is 0 Å². The summed E-state index contributed by atoms with van der Waals surface area (Å²) in [7, 11) is 0. The lowest BCUT2D eigenvalue weighted by Crippen LogP contribution is -2.52. The summed E-state index contributed by atoms with van der Waals surface area (Å²) in [4.78, 5) is 14.6. The first-order valence-corrected chi connectivity index (χ1v) is 8.63. The van der Waals surface area contributed by atoms with Gasteiger partial charge in [-0.25, -0.2) is 0 Å². The Morgan fingerprint density at radius 3 is 2.83 bits per heavy atom. The van der Waals surface area contributed by atoms with Crippen molar-refractivity contribution in [1.82, 2.24) is 10.2 Å². The summed E-state index contributed by atoms with van der Waals surface area (Å²) in [6.45, 7) is 12.3. The zero-order valence-corrected chi connectivity index (χ0v) is 14.9. The average Bonchev–Trinajstić information content (AvgIpc) is 2.48. The van der Waals surface area contributed by atoms with Gasteiger partial charge in [0.25, 0.3) is 5.91 Å². The molecular weight excluding hydrogens is 286 g/mol. The molecule has 1 saturated heterocycles. The summed E-state index contributed by atoms with van der Waals surface area (Å²) in [6, 6.07) is 8.24. The molecule has 2 rings (SSSR count).